The van der Waals surface area contributed by atoms with Crippen LogP contribution in [0.5, 0.6) is 0 Å². The van der Waals surface area contributed by atoms with Crippen molar-refractivity contribution in [2.75, 3.05) is 26.2 Å². The van der Waals surface area contributed by atoms with E-state index in [9.17, 15) is 4.79 Å². The number of hydrogen-bond donors (Lipinski definition) is 2. The zero-order valence-corrected chi connectivity index (χ0v) is 12.6. The number of hydrogen-bond acceptors (Lipinski definition) is 3. The van der Waals surface area contributed by atoms with Gasteiger partial charge in [0.1, 0.15) is 0 Å². The van der Waals surface area contributed by atoms with Crippen LogP contribution < -0.4 is 11.1 Å². The van der Waals surface area contributed by atoms with Gasteiger partial charge >= 0.3 is 0 Å². The van der Waals surface area contributed by atoms with Gasteiger partial charge in [-0.05, 0) is 43.4 Å². The summed E-state index contributed by atoms with van der Waals surface area (Å²) < 4.78 is 0. The van der Waals surface area contributed by atoms with Crippen LogP contribution in [0.15, 0.2) is 24.3 Å². The number of nitrogens with zero attached hydrogens (tertiary/aromatic N) is 1. The summed E-state index contributed by atoms with van der Waals surface area (Å²) in [5.74, 6) is 0.300. The van der Waals surface area contributed by atoms with Gasteiger partial charge in [0, 0.05) is 25.7 Å². The van der Waals surface area contributed by atoms with E-state index in [1.807, 2.05) is 0 Å². The predicted octanol–water partition coefficient (Wildman–Crippen LogP) is 1.46. The predicted molar refractivity (Wildman–Crippen MR) is 83.9 cm³/mol. The number of benzene rings is 1. The van der Waals surface area contributed by atoms with Gasteiger partial charge in [0.2, 0.25) is 5.91 Å². The second-order valence-electron chi connectivity index (χ2n) is 6.17. The average molecular weight is 287 g/mol. The number of carbonyl (C=O) groups is 1. The van der Waals surface area contributed by atoms with Gasteiger partial charge in [-0.2, -0.15) is 0 Å². The number of aryl methyl sites for hydroxylation is 1. The second-order valence-corrected chi connectivity index (χ2v) is 6.17. The number of nitrogens with one attached hydrogen (secondary N) is 1. The van der Waals surface area contributed by atoms with E-state index in [1.165, 1.54) is 24.0 Å². The van der Waals surface area contributed by atoms with E-state index in [-0.39, 0.29) is 11.8 Å². The molecule has 0 bridgehead atoms. The fourth-order valence-corrected chi connectivity index (χ4v) is 3.76. The highest BCUT2D eigenvalue weighted by molar-refractivity contribution is 5.78. The van der Waals surface area contributed by atoms with Gasteiger partial charge in [-0.25, -0.2) is 0 Å². The lowest BCUT2D eigenvalue weighted by Crippen LogP contribution is -2.44. The third-order valence-corrected chi connectivity index (χ3v) is 4.81. The molecule has 1 fully saturated rings. The van der Waals surface area contributed by atoms with Crippen molar-refractivity contribution in [2.24, 2.45) is 11.7 Å². The number of fused-ring (bicyclic) bond motifs is 1. The maximum absolute atomic E-state index is 12.2. The quantitative estimate of drug-likeness (QED) is 0.881. The van der Waals surface area contributed by atoms with Crippen molar-refractivity contribution >= 4 is 5.91 Å². The third-order valence-electron chi connectivity index (χ3n) is 4.81. The lowest BCUT2D eigenvalue weighted by atomic mass is 9.94. The van der Waals surface area contributed by atoms with E-state index >= 15 is 0 Å². The molecule has 3 rings (SSSR count). The molecule has 1 aliphatic carbocycles. The lowest BCUT2D eigenvalue weighted by Gasteiger charge is -2.36. The molecule has 4 heteroatoms. The molecule has 0 saturated carbocycles. The summed E-state index contributed by atoms with van der Waals surface area (Å²) in [4.78, 5) is 14.7. The highest BCUT2D eigenvalue weighted by atomic mass is 16.1. The Hall–Kier alpha value is -1.39. The summed E-state index contributed by atoms with van der Waals surface area (Å²) in [5.41, 5.74) is 8.42. The highest BCUT2D eigenvalue weighted by Crippen LogP contribution is 2.37. The monoisotopic (exact) mass is 287 g/mol. The average Bonchev–Trinajstić information content (AvgIpc) is 2.97. The van der Waals surface area contributed by atoms with Crippen LogP contribution in [-0.4, -0.2) is 37.0 Å². The molecule has 114 valence electrons. The summed E-state index contributed by atoms with van der Waals surface area (Å²) in [7, 11) is 0. The van der Waals surface area contributed by atoms with E-state index in [0.717, 1.165) is 25.9 Å². The molecule has 0 spiro atoms. The lowest BCUT2D eigenvalue weighted by molar-refractivity contribution is -0.127. The molecule has 1 heterocycles. The Balaban J connectivity index is 1.66. The molecule has 1 saturated heterocycles. The van der Waals surface area contributed by atoms with Gasteiger partial charge in [0.25, 0.3) is 0 Å². The number of rotatable bonds is 4. The number of nitrogens with two attached hydrogens (primary N) is 1. The summed E-state index contributed by atoms with van der Waals surface area (Å²) in [6.45, 7) is 3.09. The van der Waals surface area contributed by atoms with Crippen LogP contribution in [0.2, 0.25) is 0 Å². The largest absolute Gasteiger partial charge is 0.355 e. The Labute approximate surface area is 126 Å². The van der Waals surface area contributed by atoms with Gasteiger partial charge in [-0.15, -0.1) is 0 Å². The molecule has 21 heavy (non-hydrogen) atoms. The zero-order valence-electron chi connectivity index (χ0n) is 12.6. The van der Waals surface area contributed by atoms with Gasteiger partial charge < -0.3 is 11.1 Å². The van der Waals surface area contributed by atoms with E-state index < -0.39 is 0 Å². The van der Waals surface area contributed by atoms with Crippen LogP contribution in [0.1, 0.15) is 36.4 Å². The zero-order chi connectivity index (χ0) is 14.7. The van der Waals surface area contributed by atoms with Crippen LogP contribution in [0, 0.1) is 5.92 Å². The minimum Gasteiger partial charge on any atom is -0.355 e. The van der Waals surface area contributed by atoms with Crippen LogP contribution in [0.4, 0.5) is 0 Å². The van der Waals surface area contributed by atoms with Gasteiger partial charge in [-0.1, -0.05) is 24.3 Å². The first-order valence-corrected chi connectivity index (χ1v) is 8.09. The highest BCUT2D eigenvalue weighted by Gasteiger charge is 2.33. The summed E-state index contributed by atoms with van der Waals surface area (Å²) in [6.07, 6.45) is 4.47. The number of amides is 1. The van der Waals surface area contributed by atoms with Crippen LogP contribution >= 0.6 is 0 Å². The van der Waals surface area contributed by atoms with Crippen molar-refractivity contribution < 1.29 is 4.79 Å². The molecule has 1 amide bonds. The fraction of sp³-hybridized carbons (Fsp3) is 0.588. The molecule has 2 unspecified atom stereocenters. The maximum atomic E-state index is 12.2. The van der Waals surface area contributed by atoms with Crippen molar-refractivity contribution in [3.8, 4) is 0 Å². The fourth-order valence-electron chi connectivity index (χ4n) is 3.76. The first-order chi connectivity index (χ1) is 10.3. The van der Waals surface area contributed by atoms with Crippen LogP contribution in [0.3, 0.4) is 0 Å². The van der Waals surface area contributed by atoms with Crippen molar-refractivity contribution in [1.29, 1.82) is 0 Å². The number of likely N-dealkylation sites (tertiary alicyclic amines) is 1. The molecule has 2 aliphatic rings. The SMILES string of the molecule is NCCNC(=O)C1CCCN(C2CCc3ccccc32)C1. The Morgan fingerprint density at radius 3 is 3.05 bits per heavy atom. The van der Waals surface area contributed by atoms with Gasteiger partial charge in [0.15, 0.2) is 0 Å². The second kappa shape index (κ2) is 6.58. The molecule has 4 nitrogen and oxygen atoms in total. The third kappa shape index (κ3) is 3.11. The van der Waals surface area contributed by atoms with Gasteiger partial charge in [0.05, 0.1) is 5.92 Å². The summed E-state index contributed by atoms with van der Waals surface area (Å²) >= 11 is 0. The molecular formula is C17H25N3O. The molecule has 3 N–H and O–H groups in total. The molecule has 0 aromatic heterocycles. The number of carbonyl (C=O) groups excluding carboxylic acids is 1. The molecule has 1 aromatic carbocycles. The molecule has 0 radical (unpaired) electrons. The molecule has 1 aromatic rings. The van der Waals surface area contributed by atoms with E-state index in [1.54, 1.807) is 0 Å². The summed E-state index contributed by atoms with van der Waals surface area (Å²) in [5, 5.41) is 2.94. The Morgan fingerprint density at radius 2 is 2.19 bits per heavy atom. The standard InChI is InChI=1S/C17H25N3O/c18-9-10-19-17(21)14-5-3-11-20(12-14)16-8-7-13-4-1-2-6-15(13)16/h1-2,4,6,14,16H,3,5,7-12,18H2,(H,19,21). The van der Waals surface area contributed by atoms with Crippen molar-refractivity contribution in [1.82, 2.24) is 10.2 Å². The normalized spacial score (nSPS) is 25.6. The minimum absolute atomic E-state index is 0.123. The van der Waals surface area contributed by atoms with E-state index in [0.29, 0.717) is 19.1 Å². The molecular weight excluding hydrogens is 262 g/mol. The summed E-state index contributed by atoms with van der Waals surface area (Å²) in [6, 6.07) is 9.26. The minimum atomic E-state index is 0.123. The Morgan fingerprint density at radius 1 is 1.33 bits per heavy atom. The van der Waals surface area contributed by atoms with Crippen molar-refractivity contribution in [3.63, 3.8) is 0 Å². The van der Waals surface area contributed by atoms with Crippen LogP contribution in [-0.2, 0) is 11.2 Å². The maximum Gasteiger partial charge on any atom is 0.224 e. The Bertz CT molecular complexity index is 503. The molecule has 2 atom stereocenters. The topological polar surface area (TPSA) is 58.4 Å². The van der Waals surface area contributed by atoms with Crippen LogP contribution in [0.25, 0.3) is 0 Å². The Kier molecular flexibility index (Phi) is 4.56. The van der Waals surface area contributed by atoms with E-state index in [2.05, 4.69) is 34.5 Å². The molecule has 1 aliphatic heterocycles. The smallest absolute Gasteiger partial charge is 0.224 e. The van der Waals surface area contributed by atoms with Crippen molar-refractivity contribution in [3.05, 3.63) is 35.4 Å². The number of piperidine rings is 1. The first kappa shape index (κ1) is 14.5. The van der Waals surface area contributed by atoms with Gasteiger partial charge in [-0.3, -0.25) is 9.69 Å². The first-order valence-electron chi connectivity index (χ1n) is 8.09. The van der Waals surface area contributed by atoms with E-state index in [4.69, 9.17) is 5.73 Å². The van der Waals surface area contributed by atoms with Crippen molar-refractivity contribution in [2.45, 2.75) is 31.7 Å².